The number of ether oxygens (including phenoxy) is 1. The average molecular weight is 508 g/mol. The number of benzene rings is 2. The predicted octanol–water partition coefficient (Wildman–Crippen LogP) is 5.49. The zero-order valence-corrected chi connectivity index (χ0v) is 20.4. The second-order valence-corrected chi connectivity index (χ2v) is 8.43. The molecule has 2 aromatic heterocycles. The lowest BCUT2D eigenvalue weighted by Crippen LogP contribution is -2.19. The van der Waals surface area contributed by atoms with E-state index in [2.05, 4.69) is 20.7 Å². The third-order valence-corrected chi connectivity index (χ3v) is 5.81. The number of nitrogens with zero attached hydrogens (tertiary/aromatic N) is 4. The molecule has 1 N–H and O–H groups in total. The normalized spacial score (nSPS) is 11.4. The minimum Gasteiger partial charge on any atom is -0.494 e. The van der Waals surface area contributed by atoms with E-state index in [0.717, 1.165) is 17.0 Å². The summed E-state index contributed by atoms with van der Waals surface area (Å²) in [5.41, 5.74) is 4.19. The highest BCUT2D eigenvalue weighted by molar-refractivity contribution is 7.99. The summed E-state index contributed by atoms with van der Waals surface area (Å²) in [5.74, 6) is 1.93. The van der Waals surface area contributed by atoms with Crippen LogP contribution in [-0.2, 0) is 4.79 Å². The molecule has 1 amide bonds. The number of carbonyl (C=O) groups is 1. The Bertz CT molecular complexity index is 1300. The molecule has 35 heavy (non-hydrogen) atoms. The number of furan rings is 1. The van der Waals surface area contributed by atoms with Crippen LogP contribution in [0, 0.1) is 0 Å². The van der Waals surface area contributed by atoms with Crippen LogP contribution < -0.4 is 10.2 Å². The Morgan fingerprint density at radius 2 is 1.97 bits per heavy atom. The Labute approximate surface area is 211 Å². The fourth-order valence-electron chi connectivity index (χ4n) is 3.08. The van der Waals surface area contributed by atoms with Crippen LogP contribution in [0.25, 0.3) is 23.2 Å². The first-order chi connectivity index (χ1) is 17.1. The van der Waals surface area contributed by atoms with Gasteiger partial charge in [0.05, 0.1) is 18.6 Å². The van der Waals surface area contributed by atoms with E-state index in [0.29, 0.717) is 28.4 Å². The summed E-state index contributed by atoms with van der Waals surface area (Å²) < 4.78 is 12.6. The monoisotopic (exact) mass is 507 g/mol. The largest absolute Gasteiger partial charge is 0.494 e. The summed E-state index contributed by atoms with van der Waals surface area (Å²) in [6, 6.07) is 18.6. The van der Waals surface area contributed by atoms with Crippen LogP contribution >= 0.6 is 23.4 Å². The van der Waals surface area contributed by atoms with E-state index in [1.807, 2.05) is 54.0 Å². The predicted molar refractivity (Wildman–Crippen MR) is 138 cm³/mol. The molecule has 2 aromatic carbocycles. The van der Waals surface area contributed by atoms with Gasteiger partial charge < -0.3 is 9.15 Å². The maximum Gasteiger partial charge on any atom is 0.250 e. The van der Waals surface area contributed by atoms with Gasteiger partial charge in [-0.15, -0.1) is 10.2 Å². The molecule has 0 unspecified atom stereocenters. The van der Waals surface area contributed by atoms with Crippen molar-refractivity contribution in [2.24, 2.45) is 5.10 Å². The van der Waals surface area contributed by atoms with Crippen molar-refractivity contribution in [3.63, 3.8) is 0 Å². The van der Waals surface area contributed by atoms with E-state index in [1.165, 1.54) is 18.0 Å². The van der Waals surface area contributed by atoms with E-state index in [-0.39, 0.29) is 11.7 Å². The standard InChI is InChI=1S/C25H22ClN5O3S/c1-2-33-22-13-11-20(12-14-22)31-24(18-7-9-19(26)10-8-18)29-30-25(31)35-17-23(32)28-27-15-3-5-21-6-4-16-34-21/h3-16H,2,17H2,1H3,(H,28,32)/b5-3-,27-15+. The first-order valence-electron chi connectivity index (χ1n) is 10.7. The van der Waals surface area contributed by atoms with Gasteiger partial charge >= 0.3 is 0 Å². The van der Waals surface area contributed by atoms with Crippen LogP contribution in [0.4, 0.5) is 0 Å². The third kappa shape index (κ3) is 6.62. The average Bonchev–Trinajstić information content (AvgIpc) is 3.54. The van der Waals surface area contributed by atoms with E-state index in [9.17, 15) is 4.79 Å². The van der Waals surface area contributed by atoms with Crippen molar-refractivity contribution in [1.29, 1.82) is 0 Å². The van der Waals surface area contributed by atoms with Gasteiger partial charge in [-0.25, -0.2) is 5.43 Å². The van der Waals surface area contributed by atoms with Crippen molar-refractivity contribution < 1.29 is 13.9 Å². The highest BCUT2D eigenvalue weighted by atomic mass is 35.5. The zero-order chi connectivity index (χ0) is 24.5. The minimum atomic E-state index is -0.271. The van der Waals surface area contributed by atoms with Crippen LogP contribution in [-0.4, -0.2) is 39.2 Å². The van der Waals surface area contributed by atoms with E-state index < -0.39 is 0 Å². The summed E-state index contributed by atoms with van der Waals surface area (Å²) >= 11 is 7.31. The molecule has 4 rings (SSSR count). The second kappa shape index (κ2) is 12.0. The fourth-order valence-corrected chi connectivity index (χ4v) is 3.95. The highest BCUT2D eigenvalue weighted by Gasteiger charge is 2.17. The van der Waals surface area contributed by atoms with Crippen LogP contribution in [0.15, 0.2) is 87.7 Å². The van der Waals surface area contributed by atoms with Gasteiger partial charge in [0.1, 0.15) is 11.5 Å². The van der Waals surface area contributed by atoms with Gasteiger partial charge in [0.15, 0.2) is 11.0 Å². The van der Waals surface area contributed by atoms with Crippen LogP contribution in [0.5, 0.6) is 5.75 Å². The Balaban J connectivity index is 1.48. The first-order valence-corrected chi connectivity index (χ1v) is 12.1. The van der Waals surface area contributed by atoms with Crippen molar-refractivity contribution in [2.45, 2.75) is 12.1 Å². The molecule has 0 radical (unpaired) electrons. The summed E-state index contributed by atoms with van der Waals surface area (Å²) in [7, 11) is 0. The Morgan fingerprint density at radius 1 is 1.17 bits per heavy atom. The van der Waals surface area contributed by atoms with E-state index in [1.54, 1.807) is 36.6 Å². The molecule has 178 valence electrons. The SMILES string of the molecule is CCOc1ccc(-n2c(SCC(=O)N/N=C/C=C\c3ccco3)nnc2-c2ccc(Cl)cc2)cc1. The number of thioether (sulfide) groups is 1. The van der Waals surface area contributed by atoms with Gasteiger partial charge in [-0.3, -0.25) is 9.36 Å². The number of carbonyl (C=O) groups excluding carboxylic acids is 1. The lowest BCUT2D eigenvalue weighted by molar-refractivity contribution is -0.118. The molecule has 0 aliphatic heterocycles. The van der Waals surface area contributed by atoms with Crippen LogP contribution in [0.2, 0.25) is 5.02 Å². The molecule has 0 spiro atoms. The molecule has 2 heterocycles. The molecule has 0 aliphatic carbocycles. The van der Waals surface area contributed by atoms with Gasteiger partial charge in [0, 0.05) is 22.5 Å². The molecule has 0 aliphatic rings. The highest BCUT2D eigenvalue weighted by Crippen LogP contribution is 2.29. The molecule has 4 aromatic rings. The molecular formula is C25H22ClN5O3S. The number of hydrogen-bond acceptors (Lipinski definition) is 7. The number of nitrogens with one attached hydrogen (secondary N) is 1. The number of rotatable bonds is 10. The maximum absolute atomic E-state index is 12.3. The number of amides is 1. The lowest BCUT2D eigenvalue weighted by atomic mass is 10.2. The van der Waals surface area contributed by atoms with E-state index >= 15 is 0 Å². The molecule has 10 heteroatoms. The third-order valence-electron chi connectivity index (χ3n) is 4.63. The zero-order valence-electron chi connectivity index (χ0n) is 18.8. The minimum absolute atomic E-state index is 0.106. The van der Waals surface area contributed by atoms with Gasteiger partial charge in [0.2, 0.25) is 0 Å². The molecule has 0 fully saturated rings. The Kier molecular flexibility index (Phi) is 8.37. The van der Waals surface area contributed by atoms with Gasteiger partial charge in [0.25, 0.3) is 5.91 Å². The lowest BCUT2D eigenvalue weighted by Gasteiger charge is -2.11. The summed E-state index contributed by atoms with van der Waals surface area (Å²) in [6.45, 7) is 2.52. The fraction of sp³-hybridized carbons (Fsp3) is 0.120. The van der Waals surface area contributed by atoms with Gasteiger partial charge in [-0.2, -0.15) is 5.10 Å². The van der Waals surface area contributed by atoms with Crippen molar-refractivity contribution in [3.8, 4) is 22.8 Å². The molecule has 0 saturated carbocycles. The topological polar surface area (TPSA) is 94.5 Å². The van der Waals surface area contributed by atoms with Crippen LogP contribution in [0.1, 0.15) is 12.7 Å². The summed E-state index contributed by atoms with van der Waals surface area (Å²) in [4.78, 5) is 12.3. The van der Waals surface area contributed by atoms with E-state index in [4.69, 9.17) is 20.8 Å². The molecule has 0 saturated heterocycles. The van der Waals surface area contributed by atoms with Crippen molar-refractivity contribution in [1.82, 2.24) is 20.2 Å². The molecule has 0 bridgehead atoms. The van der Waals surface area contributed by atoms with Crippen molar-refractivity contribution in [2.75, 3.05) is 12.4 Å². The second-order valence-electron chi connectivity index (χ2n) is 7.05. The summed E-state index contributed by atoms with van der Waals surface area (Å²) in [5, 5.41) is 13.8. The smallest absolute Gasteiger partial charge is 0.250 e. The van der Waals surface area contributed by atoms with Gasteiger partial charge in [-0.1, -0.05) is 23.4 Å². The van der Waals surface area contributed by atoms with Crippen molar-refractivity contribution >= 4 is 41.6 Å². The quantitative estimate of drug-likeness (QED) is 0.173. The van der Waals surface area contributed by atoms with Crippen LogP contribution in [0.3, 0.4) is 0 Å². The Hall–Kier alpha value is -3.82. The number of hydrazone groups is 1. The maximum atomic E-state index is 12.3. The molecular weight excluding hydrogens is 486 g/mol. The Morgan fingerprint density at radius 3 is 2.69 bits per heavy atom. The number of halogens is 1. The summed E-state index contributed by atoms with van der Waals surface area (Å²) in [6.07, 6.45) is 6.47. The molecule has 8 nitrogen and oxygen atoms in total. The molecule has 0 atom stereocenters. The van der Waals surface area contributed by atoms with Crippen molar-refractivity contribution in [3.05, 3.63) is 83.8 Å². The number of hydrogen-bond donors (Lipinski definition) is 1. The van der Waals surface area contributed by atoms with Gasteiger partial charge in [-0.05, 0) is 79.7 Å². The number of aromatic nitrogens is 3. The first kappa shape index (κ1) is 24.3. The number of allylic oxidation sites excluding steroid dienone is 1.